The third kappa shape index (κ3) is 4.73. The number of hydrogen-bond donors (Lipinski definition) is 0. The standard InChI is InChI=1S/C7H16O3/c1-4-6-10-7(8-3)9-5-2/h7H,4-6H2,1-3H3. The topological polar surface area (TPSA) is 27.7 Å². The third-order valence-corrected chi connectivity index (χ3v) is 0.953. The largest absolute Gasteiger partial charge is 0.333 e. The van der Waals surface area contributed by atoms with E-state index < -0.39 is 6.48 Å². The highest BCUT2D eigenvalue weighted by molar-refractivity contribution is 4.25. The summed E-state index contributed by atoms with van der Waals surface area (Å²) >= 11 is 0. The minimum atomic E-state index is -0.482. The van der Waals surface area contributed by atoms with Crippen molar-refractivity contribution in [1.29, 1.82) is 0 Å². The number of hydrogen-bond acceptors (Lipinski definition) is 3. The Kier molecular flexibility index (Phi) is 6.91. The Balaban J connectivity index is 3.21. The predicted molar refractivity (Wildman–Crippen MR) is 38.7 cm³/mol. The van der Waals surface area contributed by atoms with E-state index in [2.05, 4.69) is 0 Å². The van der Waals surface area contributed by atoms with Gasteiger partial charge in [-0.1, -0.05) is 6.92 Å². The molecular formula is C7H16O3. The zero-order valence-corrected chi connectivity index (χ0v) is 6.92. The van der Waals surface area contributed by atoms with Gasteiger partial charge in [0.1, 0.15) is 0 Å². The maximum absolute atomic E-state index is 5.14. The van der Waals surface area contributed by atoms with Crippen molar-refractivity contribution in [3.63, 3.8) is 0 Å². The Morgan fingerprint density at radius 2 is 1.90 bits per heavy atom. The van der Waals surface area contributed by atoms with Crippen molar-refractivity contribution in [1.82, 2.24) is 0 Å². The summed E-state index contributed by atoms with van der Waals surface area (Å²) in [6, 6.07) is 0. The molecule has 0 N–H and O–H groups in total. The van der Waals surface area contributed by atoms with Crippen molar-refractivity contribution < 1.29 is 14.2 Å². The van der Waals surface area contributed by atoms with Gasteiger partial charge >= 0.3 is 0 Å². The molecule has 3 nitrogen and oxygen atoms in total. The van der Waals surface area contributed by atoms with E-state index in [0.29, 0.717) is 13.2 Å². The van der Waals surface area contributed by atoms with E-state index >= 15 is 0 Å². The first-order valence-electron chi connectivity index (χ1n) is 3.61. The van der Waals surface area contributed by atoms with Gasteiger partial charge in [0.2, 0.25) is 0 Å². The summed E-state index contributed by atoms with van der Waals surface area (Å²) in [7, 11) is 1.57. The first-order valence-corrected chi connectivity index (χ1v) is 3.61. The molecule has 0 bridgehead atoms. The van der Waals surface area contributed by atoms with Crippen molar-refractivity contribution in [2.75, 3.05) is 20.3 Å². The quantitative estimate of drug-likeness (QED) is 0.532. The number of methoxy groups -OCH3 is 1. The van der Waals surface area contributed by atoms with Crippen LogP contribution in [0.25, 0.3) is 0 Å². The van der Waals surface area contributed by atoms with Crippen molar-refractivity contribution in [2.24, 2.45) is 0 Å². The van der Waals surface area contributed by atoms with Crippen LogP contribution in [-0.4, -0.2) is 26.8 Å². The van der Waals surface area contributed by atoms with Crippen LogP contribution in [0.4, 0.5) is 0 Å². The van der Waals surface area contributed by atoms with Crippen LogP contribution in [0.2, 0.25) is 0 Å². The Hall–Kier alpha value is -0.120. The normalized spacial score (nSPS) is 13.5. The molecule has 0 saturated carbocycles. The summed E-state index contributed by atoms with van der Waals surface area (Å²) in [6.45, 7) is 4.76. The first-order chi connectivity index (χ1) is 4.85. The summed E-state index contributed by atoms with van der Waals surface area (Å²) < 4.78 is 15.0. The molecule has 0 aromatic heterocycles. The van der Waals surface area contributed by atoms with E-state index in [-0.39, 0.29) is 0 Å². The van der Waals surface area contributed by atoms with Crippen molar-refractivity contribution in [2.45, 2.75) is 26.7 Å². The lowest BCUT2D eigenvalue weighted by Gasteiger charge is -2.14. The molecule has 0 aromatic rings. The van der Waals surface area contributed by atoms with Gasteiger partial charge < -0.3 is 14.2 Å². The predicted octanol–water partition coefficient (Wildman–Crippen LogP) is 1.38. The van der Waals surface area contributed by atoms with Crippen LogP contribution in [0, 0.1) is 0 Å². The van der Waals surface area contributed by atoms with Crippen LogP contribution in [0.3, 0.4) is 0 Å². The van der Waals surface area contributed by atoms with Gasteiger partial charge in [0, 0.05) is 13.7 Å². The van der Waals surface area contributed by atoms with E-state index in [1.54, 1.807) is 7.11 Å². The molecule has 0 fully saturated rings. The van der Waals surface area contributed by atoms with Crippen LogP contribution < -0.4 is 0 Å². The molecular weight excluding hydrogens is 132 g/mol. The number of ether oxygens (including phenoxy) is 3. The van der Waals surface area contributed by atoms with Gasteiger partial charge in [0.25, 0.3) is 6.48 Å². The first kappa shape index (κ1) is 9.88. The van der Waals surface area contributed by atoms with Crippen LogP contribution in [-0.2, 0) is 14.2 Å². The average Bonchev–Trinajstić information content (AvgIpc) is 1.98. The highest BCUT2D eigenvalue weighted by Gasteiger charge is 2.03. The molecule has 0 rings (SSSR count). The molecule has 0 radical (unpaired) electrons. The lowest BCUT2D eigenvalue weighted by Crippen LogP contribution is -2.19. The minimum absolute atomic E-state index is 0.482. The molecule has 10 heavy (non-hydrogen) atoms. The van der Waals surface area contributed by atoms with Gasteiger partial charge in [-0.2, -0.15) is 0 Å². The molecule has 0 spiro atoms. The van der Waals surface area contributed by atoms with Gasteiger partial charge in [0.05, 0.1) is 6.61 Å². The second-order valence-corrected chi connectivity index (χ2v) is 1.85. The zero-order valence-electron chi connectivity index (χ0n) is 6.92. The molecule has 62 valence electrons. The number of rotatable bonds is 6. The second kappa shape index (κ2) is 6.99. The van der Waals surface area contributed by atoms with E-state index in [4.69, 9.17) is 14.2 Å². The molecule has 0 aromatic carbocycles. The van der Waals surface area contributed by atoms with Gasteiger partial charge in [-0.15, -0.1) is 0 Å². The van der Waals surface area contributed by atoms with Crippen molar-refractivity contribution in [3.8, 4) is 0 Å². The second-order valence-electron chi connectivity index (χ2n) is 1.85. The zero-order chi connectivity index (χ0) is 7.82. The monoisotopic (exact) mass is 148 g/mol. The van der Waals surface area contributed by atoms with E-state index in [1.807, 2.05) is 13.8 Å². The van der Waals surface area contributed by atoms with E-state index in [0.717, 1.165) is 6.42 Å². The Labute approximate surface area is 62.3 Å². The van der Waals surface area contributed by atoms with Gasteiger partial charge in [0.15, 0.2) is 0 Å². The molecule has 3 heteroatoms. The van der Waals surface area contributed by atoms with E-state index in [9.17, 15) is 0 Å². The molecule has 1 unspecified atom stereocenters. The Morgan fingerprint density at radius 3 is 2.30 bits per heavy atom. The fourth-order valence-corrected chi connectivity index (χ4v) is 0.534. The molecule has 0 heterocycles. The lowest BCUT2D eigenvalue weighted by atomic mass is 10.5. The summed E-state index contributed by atoms with van der Waals surface area (Å²) in [4.78, 5) is 0. The van der Waals surface area contributed by atoms with E-state index in [1.165, 1.54) is 0 Å². The Bertz CT molecular complexity index is 65.9. The molecule has 1 atom stereocenters. The molecule has 0 amide bonds. The maximum Gasteiger partial charge on any atom is 0.271 e. The smallest absolute Gasteiger partial charge is 0.271 e. The highest BCUT2D eigenvalue weighted by Crippen LogP contribution is 1.95. The lowest BCUT2D eigenvalue weighted by molar-refractivity contribution is -0.275. The van der Waals surface area contributed by atoms with Crippen LogP contribution in [0.1, 0.15) is 20.3 Å². The molecule has 0 aliphatic carbocycles. The molecule has 0 aliphatic heterocycles. The van der Waals surface area contributed by atoms with Gasteiger partial charge in [-0.25, -0.2) is 0 Å². The average molecular weight is 148 g/mol. The molecule has 0 saturated heterocycles. The molecule has 0 aliphatic rings. The highest BCUT2D eigenvalue weighted by atomic mass is 16.8. The fraction of sp³-hybridized carbons (Fsp3) is 1.00. The Morgan fingerprint density at radius 1 is 1.20 bits per heavy atom. The van der Waals surface area contributed by atoms with Crippen LogP contribution >= 0.6 is 0 Å². The summed E-state index contributed by atoms with van der Waals surface area (Å²) in [5.41, 5.74) is 0. The van der Waals surface area contributed by atoms with Crippen molar-refractivity contribution in [3.05, 3.63) is 0 Å². The SMILES string of the molecule is CCCOC(OC)OCC. The van der Waals surface area contributed by atoms with Crippen LogP contribution in [0.15, 0.2) is 0 Å². The fourth-order valence-electron chi connectivity index (χ4n) is 0.534. The third-order valence-electron chi connectivity index (χ3n) is 0.953. The van der Waals surface area contributed by atoms with Crippen LogP contribution in [0.5, 0.6) is 0 Å². The maximum atomic E-state index is 5.14. The summed E-state index contributed by atoms with van der Waals surface area (Å²) in [5.74, 6) is 0. The van der Waals surface area contributed by atoms with Gasteiger partial charge in [-0.05, 0) is 13.3 Å². The van der Waals surface area contributed by atoms with Gasteiger partial charge in [-0.3, -0.25) is 0 Å². The minimum Gasteiger partial charge on any atom is -0.333 e. The summed E-state index contributed by atoms with van der Waals surface area (Å²) in [5, 5.41) is 0. The summed E-state index contributed by atoms with van der Waals surface area (Å²) in [6.07, 6.45) is 0.979. The van der Waals surface area contributed by atoms with Crippen molar-refractivity contribution >= 4 is 0 Å².